The third-order valence-electron chi connectivity index (χ3n) is 0.979. The normalized spacial score (nSPS) is 8.27. The Bertz CT molecular complexity index is 158. The van der Waals surface area contributed by atoms with E-state index in [1.807, 2.05) is 18.2 Å². The third-order valence-corrected chi connectivity index (χ3v) is 1.72. The minimum absolute atomic E-state index is 1.25. The molecule has 62 valence electrons. The molecule has 0 N–H and O–H groups in total. The van der Waals surface area contributed by atoms with Gasteiger partial charge in [0.1, 0.15) is 0 Å². The van der Waals surface area contributed by atoms with Crippen LogP contribution in [0.1, 0.15) is 20.3 Å². The Balaban J connectivity index is 0.000000292. The molecule has 0 aromatic heterocycles. The standard InChI is InChI=1S/C7H8S.C3H8/c1-8-7-5-3-2-4-6-7;1-3-2/h2-6H,1H3;3H2,1-2H3. The van der Waals surface area contributed by atoms with E-state index in [9.17, 15) is 0 Å². The average molecular weight is 168 g/mol. The van der Waals surface area contributed by atoms with Gasteiger partial charge in [0, 0.05) is 4.90 Å². The van der Waals surface area contributed by atoms with Crippen LogP contribution in [0, 0.1) is 0 Å². The van der Waals surface area contributed by atoms with Crippen LogP contribution in [0.15, 0.2) is 35.2 Å². The predicted molar refractivity (Wildman–Crippen MR) is 54.2 cm³/mol. The minimum Gasteiger partial charge on any atom is -0.130 e. The SMILES string of the molecule is CCC.CSc1ccccc1. The van der Waals surface area contributed by atoms with E-state index in [0.717, 1.165) is 0 Å². The Morgan fingerprint density at radius 2 is 1.55 bits per heavy atom. The van der Waals surface area contributed by atoms with Crippen molar-refractivity contribution in [1.82, 2.24) is 0 Å². The molecule has 0 saturated heterocycles. The van der Waals surface area contributed by atoms with Crippen LogP contribution in [0.25, 0.3) is 0 Å². The molecule has 0 fully saturated rings. The van der Waals surface area contributed by atoms with Gasteiger partial charge in [0.2, 0.25) is 0 Å². The monoisotopic (exact) mass is 168 g/mol. The molecule has 1 aromatic rings. The molecular weight excluding hydrogens is 152 g/mol. The Hall–Kier alpha value is -0.430. The van der Waals surface area contributed by atoms with Crippen molar-refractivity contribution in [3.05, 3.63) is 30.3 Å². The van der Waals surface area contributed by atoms with Crippen molar-refractivity contribution in [2.45, 2.75) is 25.2 Å². The zero-order valence-electron chi connectivity index (χ0n) is 7.50. The van der Waals surface area contributed by atoms with Gasteiger partial charge in [-0.3, -0.25) is 0 Å². The lowest BCUT2D eigenvalue weighted by Gasteiger charge is -1.89. The molecule has 0 aliphatic carbocycles. The number of hydrogen-bond acceptors (Lipinski definition) is 1. The van der Waals surface area contributed by atoms with Crippen LogP contribution < -0.4 is 0 Å². The third kappa shape index (κ3) is 5.99. The van der Waals surface area contributed by atoms with Gasteiger partial charge in [-0.2, -0.15) is 0 Å². The molecule has 0 radical (unpaired) electrons. The van der Waals surface area contributed by atoms with Crippen LogP contribution in [0.2, 0.25) is 0 Å². The molecule has 0 amide bonds. The number of hydrogen-bond donors (Lipinski definition) is 0. The fourth-order valence-corrected chi connectivity index (χ4v) is 0.986. The zero-order valence-corrected chi connectivity index (χ0v) is 8.32. The maximum Gasteiger partial charge on any atom is 0.00691 e. The summed E-state index contributed by atoms with van der Waals surface area (Å²) in [4.78, 5) is 1.33. The van der Waals surface area contributed by atoms with Crippen LogP contribution >= 0.6 is 11.8 Å². The Morgan fingerprint density at radius 1 is 1.09 bits per heavy atom. The van der Waals surface area contributed by atoms with Gasteiger partial charge in [-0.1, -0.05) is 38.5 Å². The summed E-state index contributed by atoms with van der Waals surface area (Å²) < 4.78 is 0. The van der Waals surface area contributed by atoms with Crippen LogP contribution in [0.5, 0.6) is 0 Å². The molecule has 1 heteroatoms. The van der Waals surface area contributed by atoms with Crippen molar-refractivity contribution < 1.29 is 0 Å². The molecule has 1 rings (SSSR count). The van der Waals surface area contributed by atoms with E-state index in [1.54, 1.807) is 11.8 Å². The molecule has 0 nitrogen and oxygen atoms in total. The molecule has 0 heterocycles. The lowest BCUT2D eigenvalue weighted by atomic mass is 10.4. The highest BCUT2D eigenvalue weighted by atomic mass is 32.2. The number of rotatable bonds is 1. The van der Waals surface area contributed by atoms with Crippen molar-refractivity contribution >= 4 is 11.8 Å². The fraction of sp³-hybridized carbons (Fsp3) is 0.400. The van der Waals surface area contributed by atoms with Gasteiger partial charge >= 0.3 is 0 Å². The van der Waals surface area contributed by atoms with E-state index < -0.39 is 0 Å². The van der Waals surface area contributed by atoms with Gasteiger partial charge in [-0.25, -0.2) is 0 Å². The van der Waals surface area contributed by atoms with E-state index in [2.05, 4.69) is 32.2 Å². The Labute approximate surface area is 74.0 Å². The number of thioether (sulfide) groups is 1. The molecule has 0 saturated carbocycles. The van der Waals surface area contributed by atoms with Crippen LogP contribution in [0.4, 0.5) is 0 Å². The van der Waals surface area contributed by atoms with Crippen molar-refractivity contribution in [2.24, 2.45) is 0 Å². The highest BCUT2D eigenvalue weighted by molar-refractivity contribution is 7.98. The van der Waals surface area contributed by atoms with Crippen molar-refractivity contribution in [1.29, 1.82) is 0 Å². The molecule has 0 atom stereocenters. The summed E-state index contributed by atoms with van der Waals surface area (Å²) >= 11 is 1.77. The van der Waals surface area contributed by atoms with E-state index >= 15 is 0 Å². The average Bonchev–Trinajstić information content (AvgIpc) is 2.08. The summed E-state index contributed by atoms with van der Waals surface area (Å²) in [6, 6.07) is 10.3. The lowest BCUT2D eigenvalue weighted by molar-refractivity contribution is 1.09. The van der Waals surface area contributed by atoms with Crippen LogP contribution in [-0.4, -0.2) is 6.26 Å². The van der Waals surface area contributed by atoms with Gasteiger partial charge in [-0.05, 0) is 18.4 Å². The van der Waals surface area contributed by atoms with Crippen molar-refractivity contribution in [2.75, 3.05) is 6.26 Å². The minimum atomic E-state index is 1.25. The highest BCUT2D eigenvalue weighted by Crippen LogP contribution is 2.11. The summed E-state index contributed by atoms with van der Waals surface area (Å²) in [7, 11) is 0. The van der Waals surface area contributed by atoms with E-state index in [1.165, 1.54) is 11.3 Å². The second-order valence-corrected chi connectivity index (χ2v) is 3.10. The Kier molecular flexibility index (Phi) is 7.37. The summed E-state index contributed by atoms with van der Waals surface area (Å²) in [5.74, 6) is 0. The summed E-state index contributed by atoms with van der Waals surface area (Å²) in [5.41, 5.74) is 0. The van der Waals surface area contributed by atoms with Gasteiger partial charge in [0.25, 0.3) is 0 Å². The molecule has 0 unspecified atom stereocenters. The van der Waals surface area contributed by atoms with Crippen molar-refractivity contribution in [3.63, 3.8) is 0 Å². The second kappa shape index (κ2) is 7.67. The van der Waals surface area contributed by atoms with E-state index in [0.29, 0.717) is 0 Å². The fourth-order valence-electron chi connectivity index (χ4n) is 0.557. The maximum absolute atomic E-state index is 2.12. The first kappa shape index (κ1) is 10.6. The first-order chi connectivity index (χ1) is 5.35. The van der Waals surface area contributed by atoms with Crippen molar-refractivity contribution in [3.8, 4) is 0 Å². The maximum atomic E-state index is 2.12. The van der Waals surface area contributed by atoms with Gasteiger partial charge < -0.3 is 0 Å². The Morgan fingerprint density at radius 3 is 1.82 bits per heavy atom. The second-order valence-electron chi connectivity index (χ2n) is 2.22. The molecular formula is C10H16S. The smallest absolute Gasteiger partial charge is 0.00691 e. The molecule has 0 spiro atoms. The molecule has 1 aromatic carbocycles. The summed E-state index contributed by atoms with van der Waals surface area (Å²) in [6.45, 7) is 4.25. The topological polar surface area (TPSA) is 0 Å². The first-order valence-corrected chi connectivity index (χ1v) is 5.16. The van der Waals surface area contributed by atoms with E-state index in [-0.39, 0.29) is 0 Å². The van der Waals surface area contributed by atoms with Gasteiger partial charge in [0.05, 0.1) is 0 Å². The molecule has 0 aliphatic heterocycles. The summed E-state index contributed by atoms with van der Waals surface area (Å²) in [5, 5.41) is 0. The van der Waals surface area contributed by atoms with Crippen LogP contribution in [0.3, 0.4) is 0 Å². The summed E-state index contributed by atoms with van der Waals surface area (Å²) in [6.07, 6.45) is 3.33. The number of benzene rings is 1. The van der Waals surface area contributed by atoms with E-state index in [4.69, 9.17) is 0 Å². The van der Waals surface area contributed by atoms with Gasteiger partial charge in [0.15, 0.2) is 0 Å². The lowest BCUT2D eigenvalue weighted by Crippen LogP contribution is -1.62. The first-order valence-electron chi connectivity index (χ1n) is 3.94. The molecule has 0 bridgehead atoms. The highest BCUT2D eigenvalue weighted by Gasteiger charge is 1.80. The van der Waals surface area contributed by atoms with Crippen LogP contribution in [-0.2, 0) is 0 Å². The van der Waals surface area contributed by atoms with Gasteiger partial charge in [-0.15, -0.1) is 11.8 Å². The molecule has 0 aliphatic rings. The zero-order chi connectivity index (χ0) is 8.53. The molecule has 11 heavy (non-hydrogen) atoms. The predicted octanol–water partition coefficient (Wildman–Crippen LogP) is 3.82. The quantitative estimate of drug-likeness (QED) is 0.574. The largest absolute Gasteiger partial charge is 0.130 e.